The van der Waals surface area contributed by atoms with Crippen molar-refractivity contribution in [1.82, 2.24) is 24.8 Å². The molecule has 1 saturated heterocycles. The monoisotopic (exact) mass is 361 g/mol. The van der Waals surface area contributed by atoms with Gasteiger partial charge in [-0.15, -0.1) is 0 Å². The summed E-state index contributed by atoms with van der Waals surface area (Å²) in [5.74, 6) is 1.15. The highest BCUT2D eigenvalue weighted by Crippen LogP contribution is 2.32. The van der Waals surface area contributed by atoms with Crippen molar-refractivity contribution in [2.45, 2.75) is 57.7 Å². The van der Waals surface area contributed by atoms with Crippen LogP contribution in [-0.4, -0.2) is 19.5 Å². The van der Waals surface area contributed by atoms with E-state index in [0.29, 0.717) is 6.04 Å². The van der Waals surface area contributed by atoms with Crippen LogP contribution in [0.15, 0.2) is 55.1 Å². The van der Waals surface area contributed by atoms with E-state index in [2.05, 4.69) is 56.2 Å². The molecule has 1 aliphatic rings. The SMILES string of the molecule is Cc1cccnc1[C@@H]1CCCC(c2nccn2CCCc2ccccn2)N1. The van der Waals surface area contributed by atoms with Gasteiger partial charge in [-0.1, -0.05) is 12.1 Å². The number of rotatable bonds is 6. The van der Waals surface area contributed by atoms with Crippen LogP contribution in [0.25, 0.3) is 0 Å². The van der Waals surface area contributed by atoms with Gasteiger partial charge in [-0.3, -0.25) is 15.3 Å². The Balaban J connectivity index is 1.41. The van der Waals surface area contributed by atoms with Gasteiger partial charge in [0.1, 0.15) is 5.82 Å². The van der Waals surface area contributed by atoms with E-state index in [1.54, 1.807) is 0 Å². The predicted molar refractivity (Wildman–Crippen MR) is 106 cm³/mol. The molecular weight excluding hydrogens is 334 g/mol. The van der Waals surface area contributed by atoms with E-state index in [4.69, 9.17) is 0 Å². The van der Waals surface area contributed by atoms with Crippen LogP contribution in [0.3, 0.4) is 0 Å². The number of aryl methyl sites for hydroxylation is 3. The maximum Gasteiger partial charge on any atom is 0.125 e. The lowest BCUT2D eigenvalue weighted by atomic mass is 9.94. The van der Waals surface area contributed by atoms with Gasteiger partial charge in [-0.2, -0.15) is 0 Å². The zero-order chi connectivity index (χ0) is 18.5. The molecule has 5 nitrogen and oxygen atoms in total. The van der Waals surface area contributed by atoms with Crippen LogP contribution in [0.5, 0.6) is 0 Å². The molecule has 0 radical (unpaired) electrons. The Bertz CT molecular complexity index is 858. The summed E-state index contributed by atoms with van der Waals surface area (Å²) in [4.78, 5) is 13.7. The molecule has 27 heavy (non-hydrogen) atoms. The third kappa shape index (κ3) is 4.25. The standard InChI is InChI=1S/C22H27N5/c1-17-7-5-13-24-21(17)19-10-4-11-20(26-19)22-25-14-16-27(22)15-6-9-18-8-2-3-12-23-18/h2-3,5,7-8,12-14,16,19-20,26H,4,6,9-11,15H2,1H3/t19-,20?/m0/s1. The Morgan fingerprint density at radius 1 is 1.00 bits per heavy atom. The first-order valence-electron chi connectivity index (χ1n) is 9.90. The fraction of sp³-hybridized carbons (Fsp3) is 0.409. The van der Waals surface area contributed by atoms with Crippen LogP contribution >= 0.6 is 0 Å². The third-order valence-electron chi connectivity index (χ3n) is 5.39. The van der Waals surface area contributed by atoms with Gasteiger partial charge < -0.3 is 4.57 Å². The Kier molecular flexibility index (Phi) is 5.58. The van der Waals surface area contributed by atoms with E-state index in [1.807, 2.05) is 30.7 Å². The Morgan fingerprint density at radius 2 is 1.89 bits per heavy atom. The molecule has 140 valence electrons. The van der Waals surface area contributed by atoms with Crippen molar-refractivity contribution in [1.29, 1.82) is 0 Å². The Morgan fingerprint density at radius 3 is 2.74 bits per heavy atom. The second-order valence-electron chi connectivity index (χ2n) is 7.31. The number of nitrogens with one attached hydrogen (secondary N) is 1. The highest BCUT2D eigenvalue weighted by atomic mass is 15.1. The molecule has 0 spiro atoms. The highest BCUT2D eigenvalue weighted by molar-refractivity contribution is 5.22. The van der Waals surface area contributed by atoms with E-state index >= 15 is 0 Å². The van der Waals surface area contributed by atoms with Gasteiger partial charge in [0.25, 0.3) is 0 Å². The van der Waals surface area contributed by atoms with E-state index in [9.17, 15) is 0 Å². The minimum atomic E-state index is 0.287. The van der Waals surface area contributed by atoms with Crippen molar-refractivity contribution in [3.8, 4) is 0 Å². The summed E-state index contributed by atoms with van der Waals surface area (Å²) in [7, 11) is 0. The third-order valence-corrected chi connectivity index (χ3v) is 5.39. The molecule has 3 aromatic rings. The van der Waals surface area contributed by atoms with Crippen molar-refractivity contribution in [2.24, 2.45) is 0 Å². The average Bonchev–Trinajstić information content (AvgIpc) is 3.18. The van der Waals surface area contributed by atoms with Gasteiger partial charge >= 0.3 is 0 Å². The van der Waals surface area contributed by atoms with Crippen LogP contribution in [0.1, 0.15) is 60.5 Å². The van der Waals surface area contributed by atoms with Gasteiger partial charge in [0.2, 0.25) is 0 Å². The van der Waals surface area contributed by atoms with Crippen LogP contribution in [0, 0.1) is 6.92 Å². The number of piperidine rings is 1. The molecule has 1 unspecified atom stereocenters. The van der Waals surface area contributed by atoms with Crippen molar-refractivity contribution < 1.29 is 0 Å². The maximum absolute atomic E-state index is 4.68. The summed E-state index contributed by atoms with van der Waals surface area (Å²) in [5.41, 5.74) is 3.59. The molecule has 1 N–H and O–H groups in total. The minimum absolute atomic E-state index is 0.287. The first-order valence-corrected chi connectivity index (χ1v) is 9.90. The zero-order valence-electron chi connectivity index (χ0n) is 15.9. The molecule has 4 rings (SSSR count). The lowest BCUT2D eigenvalue weighted by Gasteiger charge is -2.31. The van der Waals surface area contributed by atoms with E-state index < -0.39 is 0 Å². The Labute approximate surface area is 160 Å². The van der Waals surface area contributed by atoms with Crippen molar-refractivity contribution in [2.75, 3.05) is 0 Å². The smallest absolute Gasteiger partial charge is 0.125 e. The van der Waals surface area contributed by atoms with Gasteiger partial charge in [0.15, 0.2) is 0 Å². The molecule has 0 bridgehead atoms. The number of nitrogens with zero attached hydrogens (tertiary/aromatic N) is 4. The zero-order valence-corrected chi connectivity index (χ0v) is 15.9. The quantitative estimate of drug-likeness (QED) is 0.716. The second-order valence-corrected chi connectivity index (χ2v) is 7.31. The Hall–Kier alpha value is -2.53. The first kappa shape index (κ1) is 17.9. The largest absolute Gasteiger partial charge is 0.334 e. The predicted octanol–water partition coefficient (Wildman–Crippen LogP) is 4.17. The van der Waals surface area contributed by atoms with Gasteiger partial charge in [0.05, 0.1) is 17.8 Å². The molecule has 0 amide bonds. The topological polar surface area (TPSA) is 55.6 Å². The normalized spacial score (nSPS) is 19.9. The summed E-state index contributed by atoms with van der Waals surface area (Å²) < 4.78 is 2.30. The maximum atomic E-state index is 4.68. The summed E-state index contributed by atoms with van der Waals surface area (Å²) in [6.07, 6.45) is 13.3. The molecule has 0 saturated carbocycles. The summed E-state index contributed by atoms with van der Waals surface area (Å²) in [5, 5.41) is 3.80. The van der Waals surface area contributed by atoms with Gasteiger partial charge in [-0.25, -0.2) is 4.98 Å². The molecule has 2 atom stereocenters. The summed E-state index contributed by atoms with van der Waals surface area (Å²) in [6, 6.07) is 10.9. The highest BCUT2D eigenvalue weighted by Gasteiger charge is 2.27. The summed E-state index contributed by atoms with van der Waals surface area (Å²) in [6.45, 7) is 3.11. The van der Waals surface area contributed by atoms with Crippen LogP contribution in [0.4, 0.5) is 0 Å². The fourth-order valence-corrected chi connectivity index (χ4v) is 4.01. The molecule has 0 aromatic carbocycles. The molecule has 0 aliphatic carbocycles. The lowest BCUT2D eigenvalue weighted by Crippen LogP contribution is -2.33. The van der Waals surface area contributed by atoms with E-state index in [0.717, 1.165) is 43.7 Å². The molecular formula is C22H27N5. The lowest BCUT2D eigenvalue weighted by molar-refractivity contribution is 0.308. The fourth-order valence-electron chi connectivity index (χ4n) is 4.01. The van der Waals surface area contributed by atoms with E-state index in [1.165, 1.54) is 17.7 Å². The summed E-state index contributed by atoms with van der Waals surface area (Å²) >= 11 is 0. The minimum Gasteiger partial charge on any atom is -0.334 e. The van der Waals surface area contributed by atoms with Gasteiger partial charge in [0, 0.05) is 37.0 Å². The van der Waals surface area contributed by atoms with Crippen LogP contribution in [-0.2, 0) is 13.0 Å². The number of pyridine rings is 2. The second kappa shape index (κ2) is 8.44. The first-order chi connectivity index (χ1) is 13.3. The van der Waals surface area contributed by atoms with Crippen molar-refractivity contribution in [3.05, 3.63) is 77.9 Å². The van der Waals surface area contributed by atoms with Crippen molar-refractivity contribution >= 4 is 0 Å². The van der Waals surface area contributed by atoms with E-state index in [-0.39, 0.29) is 6.04 Å². The molecule has 4 heterocycles. The molecule has 1 fully saturated rings. The average molecular weight is 361 g/mol. The van der Waals surface area contributed by atoms with Crippen LogP contribution < -0.4 is 5.32 Å². The molecule has 3 aromatic heterocycles. The number of imidazole rings is 1. The van der Waals surface area contributed by atoms with Crippen molar-refractivity contribution in [3.63, 3.8) is 0 Å². The number of aromatic nitrogens is 4. The van der Waals surface area contributed by atoms with Crippen LogP contribution in [0.2, 0.25) is 0 Å². The molecule has 5 heteroatoms. The van der Waals surface area contributed by atoms with Gasteiger partial charge in [-0.05, 0) is 62.8 Å². The number of hydrogen-bond acceptors (Lipinski definition) is 4. The molecule has 1 aliphatic heterocycles. The number of hydrogen-bond donors (Lipinski definition) is 1.